The molecule has 0 unspecified atom stereocenters. The van der Waals surface area contributed by atoms with Gasteiger partial charge in [0, 0.05) is 0 Å². The fourth-order valence-corrected chi connectivity index (χ4v) is 1.10. The molecule has 0 heterocycles. The van der Waals surface area contributed by atoms with Crippen LogP contribution in [0.5, 0.6) is 5.75 Å². The van der Waals surface area contributed by atoms with Crippen molar-refractivity contribution in [1.82, 2.24) is 0 Å². The van der Waals surface area contributed by atoms with E-state index in [1.165, 1.54) is 7.11 Å². The van der Waals surface area contributed by atoms with Gasteiger partial charge in [0.15, 0.2) is 6.61 Å². The second-order valence-corrected chi connectivity index (χ2v) is 3.26. The fourth-order valence-electron chi connectivity index (χ4n) is 0.923. The molecule has 0 spiro atoms. The predicted molar refractivity (Wildman–Crippen MR) is 56.4 cm³/mol. The molecule has 0 aromatic heterocycles. The topological polar surface area (TPSA) is 42.3 Å². The molecule has 0 amide bonds. The number of benzene rings is 1. The van der Waals surface area contributed by atoms with Gasteiger partial charge in [-0.1, -0.05) is 17.7 Å². The Morgan fingerprint density at radius 3 is 2.86 bits per heavy atom. The Balaban J connectivity index is 2.66. The first-order valence-corrected chi connectivity index (χ1v) is 4.51. The minimum atomic E-state index is 0.0718. The number of hydrogen-bond acceptors (Lipinski definition) is 3. The summed E-state index contributed by atoms with van der Waals surface area (Å²) >= 11 is 5.89. The summed E-state index contributed by atoms with van der Waals surface area (Å²) in [7, 11) is 1.43. The van der Waals surface area contributed by atoms with E-state index < -0.39 is 0 Å². The summed E-state index contributed by atoms with van der Waals surface area (Å²) in [5.41, 5.74) is 1.06. The van der Waals surface area contributed by atoms with Crippen LogP contribution < -0.4 is 4.74 Å². The molecular formula is C10H12ClNO2. The molecule has 1 aromatic carbocycles. The lowest BCUT2D eigenvalue weighted by Crippen LogP contribution is -2.11. The summed E-state index contributed by atoms with van der Waals surface area (Å²) in [4.78, 5) is 0. The molecule has 0 bridgehead atoms. The highest BCUT2D eigenvalue weighted by atomic mass is 35.5. The normalized spacial score (nSPS) is 9.64. The van der Waals surface area contributed by atoms with Crippen LogP contribution in [-0.4, -0.2) is 19.6 Å². The summed E-state index contributed by atoms with van der Waals surface area (Å²) in [5, 5.41) is 7.76. The maximum Gasteiger partial charge on any atom is 0.219 e. The van der Waals surface area contributed by atoms with Gasteiger partial charge in [-0.3, -0.25) is 5.41 Å². The van der Waals surface area contributed by atoms with Crippen molar-refractivity contribution in [3.05, 3.63) is 28.8 Å². The number of nitrogens with one attached hydrogen (secondary N) is 1. The Labute approximate surface area is 88.1 Å². The van der Waals surface area contributed by atoms with Crippen molar-refractivity contribution in [2.75, 3.05) is 13.7 Å². The first-order valence-electron chi connectivity index (χ1n) is 4.14. The molecule has 1 rings (SSSR count). The van der Waals surface area contributed by atoms with Crippen molar-refractivity contribution in [2.24, 2.45) is 0 Å². The average molecular weight is 214 g/mol. The molecule has 0 saturated carbocycles. The molecule has 1 aromatic rings. The number of halogens is 1. The number of hydrogen-bond donors (Lipinski definition) is 1. The van der Waals surface area contributed by atoms with E-state index in [1.807, 2.05) is 19.1 Å². The lowest BCUT2D eigenvalue weighted by atomic mass is 10.2. The van der Waals surface area contributed by atoms with Crippen LogP contribution in [0.1, 0.15) is 5.56 Å². The van der Waals surface area contributed by atoms with Crippen molar-refractivity contribution < 1.29 is 9.47 Å². The van der Waals surface area contributed by atoms with Crippen LogP contribution in [-0.2, 0) is 4.74 Å². The van der Waals surface area contributed by atoms with E-state index in [0.29, 0.717) is 10.8 Å². The molecule has 0 fully saturated rings. The van der Waals surface area contributed by atoms with E-state index in [-0.39, 0.29) is 12.5 Å². The quantitative estimate of drug-likeness (QED) is 0.620. The van der Waals surface area contributed by atoms with Gasteiger partial charge in [0.05, 0.1) is 12.1 Å². The monoisotopic (exact) mass is 213 g/mol. The molecule has 1 N–H and O–H groups in total. The molecule has 0 aliphatic carbocycles. The van der Waals surface area contributed by atoms with Crippen molar-refractivity contribution in [3.63, 3.8) is 0 Å². The van der Waals surface area contributed by atoms with Crippen LogP contribution in [0.3, 0.4) is 0 Å². The molecule has 0 radical (unpaired) electrons. The molecule has 0 atom stereocenters. The second-order valence-electron chi connectivity index (χ2n) is 2.85. The number of methoxy groups -OCH3 is 1. The van der Waals surface area contributed by atoms with Gasteiger partial charge in [-0.2, -0.15) is 0 Å². The van der Waals surface area contributed by atoms with Gasteiger partial charge in [-0.15, -0.1) is 0 Å². The van der Waals surface area contributed by atoms with Crippen LogP contribution in [0.2, 0.25) is 5.02 Å². The van der Waals surface area contributed by atoms with Crippen LogP contribution >= 0.6 is 11.6 Å². The Bertz CT molecular complexity index is 339. The molecule has 0 saturated heterocycles. The van der Waals surface area contributed by atoms with Crippen molar-refractivity contribution in [2.45, 2.75) is 6.92 Å². The minimum absolute atomic E-state index is 0.0718. The van der Waals surface area contributed by atoms with Gasteiger partial charge in [0.2, 0.25) is 5.90 Å². The predicted octanol–water partition coefficient (Wildman–Crippen LogP) is 2.65. The van der Waals surface area contributed by atoms with Crippen LogP contribution in [0.15, 0.2) is 18.2 Å². The van der Waals surface area contributed by atoms with Gasteiger partial charge in [0.25, 0.3) is 0 Å². The van der Waals surface area contributed by atoms with E-state index in [9.17, 15) is 0 Å². The Morgan fingerprint density at radius 1 is 1.50 bits per heavy atom. The van der Waals surface area contributed by atoms with Gasteiger partial charge in [-0.25, -0.2) is 0 Å². The Hall–Kier alpha value is -1.22. The lowest BCUT2D eigenvalue weighted by Gasteiger charge is -2.08. The summed E-state index contributed by atoms with van der Waals surface area (Å²) in [5.74, 6) is 0.649. The van der Waals surface area contributed by atoms with Crippen LogP contribution in [0.4, 0.5) is 0 Å². The second kappa shape index (κ2) is 4.86. The minimum Gasteiger partial charge on any atom is -0.482 e. The average Bonchev–Trinajstić information content (AvgIpc) is 2.19. The molecule has 76 valence electrons. The van der Waals surface area contributed by atoms with Crippen molar-refractivity contribution in [1.29, 1.82) is 5.41 Å². The van der Waals surface area contributed by atoms with Crippen molar-refractivity contribution in [3.8, 4) is 5.75 Å². The Morgan fingerprint density at radius 2 is 2.21 bits per heavy atom. The molecule has 0 aliphatic heterocycles. The zero-order chi connectivity index (χ0) is 10.6. The summed E-state index contributed by atoms with van der Waals surface area (Å²) < 4.78 is 9.95. The third-order valence-electron chi connectivity index (χ3n) is 1.69. The lowest BCUT2D eigenvalue weighted by molar-refractivity contribution is 0.309. The van der Waals surface area contributed by atoms with E-state index >= 15 is 0 Å². The van der Waals surface area contributed by atoms with E-state index in [1.54, 1.807) is 6.07 Å². The van der Waals surface area contributed by atoms with E-state index in [4.69, 9.17) is 21.7 Å². The maximum absolute atomic E-state index is 7.22. The molecule has 14 heavy (non-hydrogen) atoms. The first-order chi connectivity index (χ1) is 6.63. The molecule has 4 heteroatoms. The third kappa shape index (κ3) is 2.92. The number of ether oxygens (including phenoxy) is 2. The summed E-state index contributed by atoms with van der Waals surface area (Å²) in [6.45, 7) is 2.05. The largest absolute Gasteiger partial charge is 0.482 e. The van der Waals surface area contributed by atoms with Gasteiger partial charge >= 0.3 is 0 Å². The summed E-state index contributed by atoms with van der Waals surface area (Å²) in [6, 6.07) is 5.49. The van der Waals surface area contributed by atoms with E-state index in [0.717, 1.165) is 5.56 Å². The Kier molecular flexibility index (Phi) is 3.77. The highest BCUT2D eigenvalue weighted by Crippen LogP contribution is 2.24. The van der Waals surface area contributed by atoms with Gasteiger partial charge in [-0.05, 0) is 24.6 Å². The maximum atomic E-state index is 7.22. The fraction of sp³-hybridized carbons (Fsp3) is 0.300. The molecule has 3 nitrogen and oxygen atoms in total. The van der Waals surface area contributed by atoms with E-state index in [2.05, 4.69) is 4.74 Å². The third-order valence-corrected chi connectivity index (χ3v) is 2.00. The van der Waals surface area contributed by atoms with Gasteiger partial charge < -0.3 is 9.47 Å². The highest BCUT2D eigenvalue weighted by Gasteiger charge is 2.03. The number of aryl methyl sites for hydroxylation is 1. The summed E-state index contributed by atoms with van der Waals surface area (Å²) in [6.07, 6.45) is 0. The smallest absolute Gasteiger partial charge is 0.219 e. The number of rotatable bonds is 3. The van der Waals surface area contributed by atoms with Crippen LogP contribution in [0, 0.1) is 12.3 Å². The van der Waals surface area contributed by atoms with Crippen molar-refractivity contribution >= 4 is 17.5 Å². The standard InChI is InChI=1S/C10H12ClNO2/c1-7-3-4-8(11)9(5-7)14-6-10(12)13-2/h3-5,12H,6H2,1-2H3. The SMILES string of the molecule is COC(=N)COc1cc(C)ccc1Cl. The first kappa shape index (κ1) is 10.9. The molecular weight excluding hydrogens is 202 g/mol. The zero-order valence-electron chi connectivity index (χ0n) is 8.13. The van der Waals surface area contributed by atoms with Crippen LogP contribution in [0.25, 0.3) is 0 Å². The van der Waals surface area contributed by atoms with Gasteiger partial charge in [0.1, 0.15) is 5.75 Å². The zero-order valence-corrected chi connectivity index (χ0v) is 8.89. The highest BCUT2D eigenvalue weighted by molar-refractivity contribution is 6.32. The molecule has 0 aliphatic rings.